The maximum absolute atomic E-state index is 5.42. The molecule has 0 amide bonds. The largest absolute Gasteiger partial charge is 0.493 e. The summed E-state index contributed by atoms with van der Waals surface area (Å²) in [5.41, 5.74) is 1.03. The average Bonchev–Trinajstić information content (AvgIpc) is 2.78. The van der Waals surface area contributed by atoms with Crippen molar-refractivity contribution in [2.45, 2.75) is 51.1 Å². The fraction of sp³-hybridized carbons (Fsp3) is 0.682. The van der Waals surface area contributed by atoms with E-state index in [-0.39, 0.29) is 0 Å². The van der Waals surface area contributed by atoms with E-state index in [1.54, 1.807) is 28.4 Å². The van der Waals surface area contributed by atoms with E-state index in [0.717, 1.165) is 37.1 Å². The second-order valence-corrected chi connectivity index (χ2v) is 7.51. The van der Waals surface area contributed by atoms with Crippen molar-refractivity contribution in [1.29, 1.82) is 0 Å². The molecule has 1 aliphatic rings. The molecule has 1 fully saturated rings. The third-order valence-corrected chi connectivity index (χ3v) is 5.59. The molecule has 1 aromatic carbocycles. The standard InChI is InChI=1S/C22H38N4O3/c1-23-22(24-12-9-13-26(2)18-10-7-6-8-11-18)25-16-17-14-19(27-3)21(29-5)20(15-17)28-4/h14-15,18H,6-13,16H2,1-5H3,(H2,23,24,25). The minimum Gasteiger partial charge on any atom is -0.493 e. The number of hydrogen-bond acceptors (Lipinski definition) is 5. The Bertz CT molecular complexity index is 620. The monoisotopic (exact) mass is 406 g/mol. The molecule has 0 heterocycles. The molecule has 1 saturated carbocycles. The fourth-order valence-corrected chi connectivity index (χ4v) is 3.88. The smallest absolute Gasteiger partial charge is 0.203 e. The van der Waals surface area contributed by atoms with E-state index < -0.39 is 0 Å². The predicted octanol–water partition coefficient (Wildman–Crippen LogP) is 3.03. The number of benzene rings is 1. The third-order valence-electron chi connectivity index (χ3n) is 5.59. The van der Waals surface area contributed by atoms with Gasteiger partial charge in [0.1, 0.15) is 0 Å². The Morgan fingerprint density at radius 2 is 1.69 bits per heavy atom. The minimum atomic E-state index is 0.600. The average molecular weight is 407 g/mol. The Kier molecular flexibility index (Phi) is 9.91. The molecule has 0 unspecified atom stereocenters. The molecule has 0 atom stereocenters. The molecule has 1 aromatic rings. The van der Waals surface area contributed by atoms with Gasteiger partial charge in [0.05, 0.1) is 21.3 Å². The number of rotatable bonds is 10. The number of nitrogens with one attached hydrogen (secondary N) is 2. The zero-order chi connectivity index (χ0) is 21.1. The summed E-state index contributed by atoms with van der Waals surface area (Å²) in [5, 5.41) is 6.75. The van der Waals surface area contributed by atoms with Gasteiger partial charge in [-0.2, -0.15) is 0 Å². The molecule has 0 bridgehead atoms. The summed E-state index contributed by atoms with van der Waals surface area (Å²) in [4.78, 5) is 6.84. The van der Waals surface area contributed by atoms with E-state index in [4.69, 9.17) is 14.2 Å². The maximum atomic E-state index is 5.42. The fourth-order valence-electron chi connectivity index (χ4n) is 3.88. The van der Waals surface area contributed by atoms with Crippen molar-refractivity contribution < 1.29 is 14.2 Å². The molecular formula is C22H38N4O3. The van der Waals surface area contributed by atoms with Crippen molar-refractivity contribution in [3.63, 3.8) is 0 Å². The van der Waals surface area contributed by atoms with E-state index in [9.17, 15) is 0 Å². The summed E-state index contributed by atoms with van der Waals surface area (Å²) in [6.45, 7) is 2.62. The van der Waals surface area contributed by atoms with Crippen LogP contribution in [0.2, 0.25) is 0 Å². The summed E-state index contributed by atoms with van der Waals surface area (Å²) in [6, 6.07) is 4.66. The highest BCUT2D eigenvalue weighted by Gasteiger charge is 2.17. The molecule has 7 heteroatoms. The van der Waals surface area contributed by atoms with Crippen LogP contribution in [0, 0.1) is 0 Å². The molecule has 29 heavy (non-hydrogen) atoms. The normalized spacial score (nSPS) is 15.3. The molecule has 0 aromatic heterocycles. The predicted molar refractivity (Wildman–Crippen MR) is 118 cm³/mol. The quantitative estimate of drug-likeness (QED) is 0.354. The summed E-state index contributed by atoms with van der Waals surface area (Å²) < 4.78 is 16.2. The molecule has 0 radical (unpaired) electrons. The van der Waals surface area contributed by atoms with Crippen LogP contribution < -0.4 is 24.8 Å². The third kappa shape index (κ3) is 6.99. The SMILES string of the molecule is CN=C(NCCCN(C)C1CCCCC1)NCc1cc(OC)c(OC)c(OC)c1. The van der Waals surface area contributed by atoms with Crippen molar-refractivity contribution in [3.05, 3.63) is 17.7 Å². The molecule has 1 aliphatic carbocycles. The lowest BCUT2D eigenvalue weighted by Gasteiger charge is -2.31. The van der Waals surface area contributed by atoms with Gasteiger partial charge in [-0.3, -0.25) is 4.99 Å². The molecule has 0 spiro atoms. The van der Waals surface area contributed by atoms with Crippen LogP contribution in [0.3, 0.4) is 0 Å². The molecule has 164 valence electrons. The van der Waals surface area contributed by atoms with Crippen molar-refractivity contribution >= 4 is 5.96 Å². The van der Waals surface area contributed by atoms with Gasteiger partial charge in [-0.1, -0.05) is 19.3 Å². The summed E-state index contributed by atoms with van der Waals surface area (Å²) in [7, 11) is 8.90. The topological polar surface area (TPSA) is 67.4 Å². The molecule has 2 rings (SSSR count). The van der Waals surface area contributed by atoms with Crippen molar-refractivity contribution in [2.24, 2.45) is 4.99 Å². The lowest BCUT2D eigenvalue weighted by atomic mass is 9.94. The van der Waals surface area contributed by atoms with Crippen molar-refractivity contribution in [1.82, 2.24) is 15.5 Å². The van der Waals surface area contributed by atoms with E-state index >= 15 is 0 Å². The number of nitrogens with zero attached hydrogens (tertiary/aromatic N) is 2. The van der Waals surface area contributed by atoms with Crippen LogP contribution in [-0.2, 0) is 6.54 Å². The van der Waals surface area contributed by atoms with Gasteiger partial charge in [-0.05, 0) is 50.6 Å². The molecular weight excluding hydrogens is 368 g/mol. The van der Waals surface area contributed by atoms with Gasteiger partial charge >= 0.3 is 0 Å². The van der Waals surface area contributed by atoms with Crippen molar-refractivity contribution in [2.75, 3.05) is 48.5 Å². The molecule has 0 aliphatic heterocycles. The zero-order valence-corrected chi connectivity index (χ0v) is 18.7. The van der Waals surface area contributed by atoms with Gasteiger partial charge in [-0.25, -0.2) is 0 Å². The van der Waals surface area contributed by atoms with Crippen LogP contribution in [0.1, 0.15) is 44.1 Å². The number of methoxy groups -OCH3 is 3. The zero-order valence-electron chi connectivity index (χ0n) is 18.7. The van der Waals surface area contributed by atoms with Crippen LogP contribution in [0.25, 0.3) is 0 Å². The van der Waals surface area contributed by atoms with E-state index in [1.165, 1.54) is 32.1 Å². The highest BCUT2D eigenvalue weighted by molar-refractivity contribution is 5.79. The van der Waals surface area contributed by atoms with Crippen LogP contribution in [0.5, 0.6) is 17.2 Å². The second-order valence-electron chi connectivity index (χ2n) is 7.51. The van der Waals surface area contributed by atoms with Gasteiger partial charge in [0.25, 0.3) is 0 Å². The number of guanidine groups is 1. The van der Waals surface area contributed by atoms with Gasteiger partial charge in [0.15, 0.2) is 17.5 Å². The summed E-state index contributed by atoms with van der Waals surface area (Å²) >= 11 is 0. The van der Waals surface area contributed by atoms with Gasteiger partial charge < -0.3 is 29.7 Å². The second kappa shape index (κ2) is 12.4. The number of aliphatic imine (C=N–C) groups is 1. The maximum Gasteiger partial charge on any atom is 0.203 e. The van der Waals surface area contributed by atoms with E-state index in [0.29, 0.717) is 23.8 Å². The lowest BCUT2D eigenvalue weighted by Crippen LogP contribution is -2.39. The highest BCUT2D eigenvalue weighted by atomic mass is 16.5. The van der Waals surface area contributed by atoms with Gasteiger partial charge in [0, 0.05) is 26.2 Å². The molecule has 7 nitrogen and oxygen atoms in total. The van der Waals surface area contributed by atoms with Gasteiger partial charge in [-0.15, -0.1) is 0 Å². The Morgan fingerprint density at radius 3 is 2.24 bits per heavy atom. The Morgan fingerprint density at radius 1 is 1.03 bits per heavy atom. The summed E-state index contributed by atoms with van der Waals surface area (Å²) in [6.07, 6.45) is 7.96. The van der Waals surface area contributed by atoms with Gasteiger partial charge in [0.2, 0.25) is 5.75 Å². The first-order chi connectivity index (χ1) is 14.1. The number of ether oxygens (including phenoxy) is 3. The molecule has 0 saturated heterocycles. The highest BCUT2D eigenvalue weighted by Crippen LogP contribution is 2.38. The first-order valence-corrected chi connectivity index (χ1v) is 10.6. The van der Waals surface area contributed by atoms with E-state index in [2.05, 4.69) is 27.6 Å². The Hall–Kier alpha value is -2.15. The Labute approximate surface area is 175 Å². The lowest BCUT2D eigenvalue weighted by molar-refractivity contribution is 0.190. The Balaban J connectivity index is 1.78. The summed E-state index contributed by atoms with van der Waals surface area (Å²) in [5.74, 6) is 2.69. The first-order valence-electron chi connectivity index (χ1n) is 10.6. The van der Waals surface area contributed by atoms with Crippen LogP contribution >= 0.6 is 0 Å². The molecule has 2 N–H and O–H groups in total. The van der Waals surface area contributed by atoms with Crippen LogP contribution in [-0.4, -0.2) is 65.4 Å². The number of hydrogen-bond donors (Lipinski definition) is 2. The van der Waals surface area contributed by atoms with E-state index in [1.807, 2.05) is 12.1 Å². The van der Waals surface area contributed by atoms with Crippen LogP contribution in [0.4, 0.5) is 0 Å². The van der Waals surface area contributed by atoms with Crippen molar-refractivity contribution in [3.8, 4) is 17.2 Å². The van der Waals surface area contributed by atoms with Crippen LogP contribution in [0.15, 0.2) is 17.1 Å². The minimum absolute atomic E-state index is 0.600. The first kappa shape index (κ1) is 23.1.